The summed E-state index contributed by atoms with van der Waals surface area (Å²) < 4.78 is 62.9. The predicted octanol–water partition coefficient (Wildman–Crippen LogP) is 6.89. The molecule has 2 atom stereocenters. The highest BCUT2D eigenvalue weighted by molar-refractivity contribution is 6.04. The molecule has 2 unspecified atom stereocenters. The first kappa shape index (κ1) is 56.8. The van der Waals surface area contributed by atoms with Gasteiger partial charge in [-0.15, -0.1) is 0 Å². The number of carbonyl (C=O) groups is 6. The molecule has 0 saturated heterocycles. The maximum atomic E-state index is 14.0. The highest BCUT2D eigenvalue weighted by Crippen LogP contribution is 2.29. The summed E-state index contributed by atoms with van der Waals surface area (Å²) >= 11 is 0. The fourth-order valence-corrected chi connectivity index (χ4v) is 6.29. The van der Waals surface area contributed by atoms with Crippen molar-refractivity contribution in [3.63, 3.8) is 0 Å². The zero-order valence-corrected chi connectivity index (χ0v) is 39.5. The number of allylic oxidation sites excluding steroid dienone is 4. The van der Waals surface area contributed by atoms with Crippen molar-refractivity contribution in [3.8, 4) is 11.5 Å². The number of nitrogens with zero attached hydrogens (tertiary/aromatic N) is 4. The standard InChI is InChI=1S/C30H32F2N4O6.C9H13NO.C8H8F2.C3H7NO/c1-34(12-13-37)29(40)25-6-4-5-7-27(25)36(19-38)18-28(39)33-26(16-20-14-21(31)17-22(32)15-20)30(41)35(2)23-8-10-24(42-3)11-9-23;1-10(2)8-4-6-9(11-3)7-5-8;1-2-6-3-7(9)5-8(10)4-6;1-4-2-3-5/h4-11,13-14,17,19-20,26H,12,15-16,18H2,1-3H3,(H,33,39);4-7H,1-3H3;3-5H,2H2,1H3;3-4H,2H2,1H3. The molecule has 2 N–H and O–H groups in total. The molecule has 14 nitrogen and oxygen atoms in total. The monoisotopic (exact) mass is 948 g/mol. The lowest BCUT2D eigenvalue weighted by Crippen LogP contribution is -2.51. The number of nitrogens with one attached hydrogen (secondary N) is 2. The molecule has 0 spiro atoms. The number of anilines is 3. The molecule has 4 aromatic rings. The topological polar surface area (TPSA) is 158 Å². The van der Waals surface area contributed by atoms with Gasteiger partial charge in [-0.1, -0.05) is 19.1 Å². The first-order valence-electron chi connectivity index (χ1n) is 21.2. The van der Waals surface area contributed by atoms with Crippen molar-refractivity contribution in [3.05, 3.63) is 138 Å². The van der Waals surface area contributed by atoms with Crippen molar-refractivity contribution in [2.75, 3.05) is 83.8 Å². The van der Waals surface area contributed by atoms with Gasteiger partial charge in [-0.3, -0.25) is 19.2 Å². The Balaban J connectivity index is 0.000000488. The van der Waals surface area contributed by atoms with E-state index in [1.54, 1.807) is 50.6 Å². The van der Waals surface area contributed by atoms with Crippen LogP contribution in [-0.2, 0) is 30.4 Å². The minimum atomic E-state index is -1.21. The van der Waals surface area contributed by atoms with Crippen molar-refractivity contribution in [2.24, 2.45) is 5.92 Å². The van der Waals surface area contributed by atoms with E-state index in [4.69, 9.17) is 9.47 Å². The Kier molecular flexibility index (Phi) is 25.1. The van der Waals surface area contributed by atoms with Gasteiger partial charge in [-0.25, -0.2) is 17.6 Å². The zero-order chi connectivity index (χ0) is 50.8. The van der Waals surface area contributed by atoms with Crippen LogP contribution in [0.25, 0.3) is 0 Å². The van der Waals surface area contributed by atoms with Crippen LogP contribution in [-0.4, -0.2) is 117 Å². The van der Waals surface area contributed by atoms with E-state index >= 15 is 0 Å². The van der Waals surface area contributed by atoms with Gasteiger partial charge in [0.1, 0.15) is 59.9 Å². The lowest BCUT2D eigenvalue weighted by molar-refractivity contribution is -0.127. The van der Waals surface area contributed by atoms with Crippen LogP contribution in [0.2, 0.25) is 0 Å². The van der Waals surface area contributed by atoms with Crippen molar-refractivity contribution < 1.29 is 55.8 Å². The van der Waals surface area contributed by atoms with Crippen LogP contribution < -0.4 is 34.8 Å². The van der Waals surface area contributed by atoms with Gasteiger partial charge in [0, 0.05) is 58.1 Å². The second-order valence-corrected chi connectivity index (χ2v) is 15.1. The van der Waals surface area contributed by atoms with Crippen LogP contribution in [0.1, 0.15) is 35.7 Å². The molecule has 1 aliphatic carbocycles. The first-order chi connectivity index (χ1) is 32.4. The number of para-hydroxylation sites is 1. The van der Waals surface area contributed by atoms with Crippen LogP contribution in [0.15, 0.2) is 115 Å². The average Bonchev–Trinajstić information content (AvgIpc) is 3.32. The number of halogens is 4. The third kappa shape index (κ3) is 19.2. The molecule has 0 fully saturated rings. The molecule has 1 aliphatic rings. The van der Waals surface area contributed by atoms with Crippen LogP contribution in [0.3, 0.4) is 0 Å². The Hall–Kier alpha value is -7.34. The number of carbonyl (C=O) groups excluding carboxylic acids is 6. The Morgan fingerprint density at radius 1 is 0.794 bits per heavy atom. The highest BCUT2D eigenvalue weighted by atomic mass is 19.1. The molecule has 68 heavy (non-hydrogen) atoms. The van der Waals surface area contributed by atoms with E-state index in [1.807, 2.05) is 45.3 Å². The van der Waals surface area contributed by atoms with E-state index in [0.29, 0.717) is 42.7 Å². The zero-order valence-electron chi connectivity index (χ0n) is 39.5. The third-order valence-corrected chi connectivity index (χ3v) is 9.90. The molecule has 0 radical (unpaired) electrons. The smallest absolute Gasteiger partial charge is 0.256 e. The molecule has 4 amide bonds. The summed E-state index contributed by atoms with van der Waals surface area (Å²) in [5.41, 5.74) is 2.56. The van der Waals surface area contributed by atoms with Gasteiger partial charge in [0.15, 0.2) is 0 Å². The van der Waals surface area contributed by atoms with Crippen LogP contribution >= 0.6 is 0 Å². The summed E-state index contributed by atoms with van der Waals surface area (Å²) in [4.78, 5) is 77.4. The number of likely N-dealkylation sites (N-methyl/N-ethyl adjacent to an activating group) is 3. The predicted molar refractivity (Wildman–Crippen MR) is 255 cm³/mol. The van der Waals surface area contributed by atoms with Gasteiger partial charge in [0.05, 0.1) is 38.6 Å². The van der Waals surface area contributed by atoms with Gasteiger partial charge in [0.2, 0.25) is 18.2 Å². The maximum Gasteiger partial charge on any atom is 0.256 e. The molecule has 18 heteroatoms. The van der Waals surface area contributed by atoms with Crippen LogP contribution in [0.4, 0.5) is 34.6 Å². The minimum Gasteiger partial charge on any atom is -0.497 e. The number of ether oxygens (including phenoxy) is 2. The summed E-state index contributed by atoms with van der Waals surface area (Å²) in [5, 5.41) is 5.25. The van der Waals surface area contributed by atoms with E-state index in [-0.39, 0.29) is 30.6 Å². The molecular weight excluding hydrogens is 889 g/mol. The number of methoxy groups -OCH3 is 2. The van der Waals surface area contributed by atoms with E-state index in [0.717, 1.165) is 34.0 Å². The number of rotatable bonds is 18. The fraction of sp³-hybridized carbons (Fsp3) is 0.320. The number of aryl methyl sites for hydroxylation is 1. The summed E-state index contributed by atoms with van der Waals surface area (Å²) in [6, 6.07) is 22.9. The van der Waals surface area contributed by atoms with Crippen LogP contribution in [0, 0.1) is 17.6 Å². The van der Waals surface area contributed by atoms with Crippen molar-refractivity contribution >= 4 is 53.8 Å². The lowest BCUT2D eigenvalue weighted by Gasteiger charge is -2.28. The van der Waals surface area contributed by atoms with Gasteiger partial charge < -0.3 is 49.3 Å². The Labute approximate surface area is 395 Å². The average molecular weight is 949 g/mol. The van der Waals surface area contributed by atoms with E-state index in [1.165, 1.54) is 62.1 Å². The Morgan fingerprint density at radius 2 is 1.37 bits per heavy atom. The van der Waals surface area contributed by atoms with Gasteiger partial charge >= 0.3 is 0 Å². The Morgan fingerprint density at radius 3 is 1.84 bits per heavy atom. The summed E-state index contributed by atoms with van der Waals surface area (Å²) in [6.07, 6.45) is 4.09. The normalized spacial score (nSPS) is 12.7. The molecule has 0 bridgehead atoms. The van der Waals surface area contributed by atoms with Crippen molar-refractivity contribution in [1.82, 2.24) is 15.5 Å². The molecule has 0 saturated carbocycles. The van der Waals surface area contributed by atoms with Gasteiger partial charge in [-0.2, -0.15) is 0 Å². The maximum absolute atomic E-state index is 14.0. The van der Waals surface area contributed by atoms with Crippen molar-refractivity contribution in [2.45, 2.75) is 32.2 Å². The Bertz CT molecular complexity index is 2290. The van der Waals surface area contributed by atoms with Crippen molar-refractivity contribution in [1.29, 1.82) is 0 Å². The molecule has 0 heterocycles. The quantitative estimate of drug-likeness (QED) is 0.0796. The number of aldehydes is 2. The lowest BCUT2D eigenvalue weighted by atomic mass is 9.91. The minimum absolute atomic E-state index is 0.0821. The van der Waals surface area contributed by atoms with E-state index < -0.39 is 59.5 Å². The number of hydrogen-bond acceptors (Lipinski definition) is 10. The van der Waals surface area contributed by atoms with Gasteiger partial charge in [0.25, 0.3) is 5.91 Å². The fourth-order valence-electron chi connectivity index (χ4n) is 6.29. The van der Waals surface area contributed by atoms with Gasteiger partial charge in [-0.05, 0) is 110 Å². The second kappa shape index (κ2) is 30.0. The summed E-state index contributed by atoms with van der Waals surface area (Å²) in [6.45, 7) is 1.57. The molecule has 5 rings (SSSR count). The molecule has 0 aromatic heterocycles. The summed E-state index contributed by atoms with van der Waals surface area (Å²) in [5.74, 6) is -3.57. The molecular formula is C50H60F4N6O8. The number of benzene rings is 4. The largest absolute Gasteiger partial charge is 0.497 e. The molecule has 4 aromatic carbocycles. The molecule has 0 aliphatic heterocycles. The third-order valence-electron chi connectivity index (χ3n) is 9.90. The molecule has 366 valence electrons. The van der Waals surface area contributed by atoms with E-state index in [2.05, 4.69) is 15.5 Å². The van der Waals surface area contributed by atoms with Crippen LogP contribution in [0.5, 0.6) is 11.5 Å². The SMILES string of the molecule is CCc1cc(F)cc(F)c1.CNCC=O.COc1ccc(N(C)C(=O)C(CC2C=C(F)C=C(F)C2)NC(=O)CN(C=O)c2ccccc2C(=O)N(C)CC=O)cc1.COc1ccc(N(C)C)cc1. The number of hydrogen-bond donors (Lipinski definition) is 2. The first-order valence-corrected chi connectivity index (χ1v) is 21.2. The van der Waals surface area contributed by atoms with E-state index in [9.17, 15) is 46.3 Å². The highest BCUT2D eigenvalue weighted by Gasteiger charge is 2.30. The second-order valence-electron chi connectivity index (χ2n) is 15.1. The number of amides is 4. The summed E-state index contributed by atoms with van der Waals surface area (Å²) in [7, 11) is 11.8.